The molecule has 0 amide bonds. The fraction of sp³-hybridized carbons (Fsp3) is 0.667. The van der Waals surface area contributed by atoms with E-state index in [-0.39, 0.29) is 0 Å². The minimum absolute atomic E-state index is 0.430. The van der Waals surface area contributed by atoms with Crippen LogP contribution in [0.1, 0.15) is 39.7 Å². The number of hydrogen-bond donors (Lipinski definition) is 1. The lowest BCUT2D eigenvalue weighted by Crippen LogP contribution is -2.33. The summed E-state index contributed by atoms with van der Waals surface area (Å²) in [5.74, 6) is 1.60. The molecule has 0 aromatic carbocycles. The lowest BCUT2D eigenvalue weighted by molar-refractivity contribution is 0.657. The van der Waals surface area contributed by atoms with Gasteiger partial charge in [0.2, 0.25) is 0 Å². The Bertz CT molecular complexity index is 336. The maximum absolute atomic E-state index is 5.89. The molecular weight excluding hydrogens is 200 g/mol. The molecule has 4 heteroatoms. The van der Waals surface area contributed by atoms with Gasteiger partial charge in [-0.25, -0.2) is 9.97 Å². The van der Waals surface area contributed by atoms with Crippen LogP contribution in [0.2, 0.25) is 0 Å². The smallest absolute Gasteiger partial charge is 0.137 e. The molecule has 1 rings (SSSR count). The topological polar surface area (TPSA) is 55.0 Å². The minimum Gasteiger partial charge on any atom is -0.383 e. The molecule has 16 heavy (non-hydrogen) atoms. The third kappa shape index (κ3) is 2.62. The molecule has 0 spiro atoms. The molecule has 0 saturated carbocycles. The Hall–Kier alpha value is -1.32. The number of nitrogens with zero attached hydrogens (tertiary/aromatic N) is 3. The van der Waals surface area contributed by atoms with Gasteiger partial charge in [0.25, 0.3) is 0 Å². The van der Waals surface area contributed by atoms with Crippen LogP contribution in [-0.4, -0.2) is 22.6 Å². The Morgan fingerprint density at radius 3 is 2.50 bits per heavy atom. The van der Waals surface area contributed by atoms with Crippen molar-refractivity contribution in [3.8, 4) is 0 Å². The molecule has 0 aliphatic carbocycles. The van der Waals surface area contributed by atoms with Gasteiger partial charge in [0.05, 0.1) is 0 Å². The Morgan fingerprint density at radius 2 is 2.00 bits per heavy atom. The predicted octanol–water partition coefficient (Wildman–Crippen LogP) is 2.25. The molecule has 4 nitrogen and oxygen atoms in total. The molecule has 1 aromatic heterocycles. The summed E-state index contributed by atoms with van der Waals surface area (Å²) >= 11 is 0. The van der Waals surface area contributed by atoms with Gasteiger partial charge in [-0.1, -0.05) is 13.8 Å². The van der Waals surface area contributed by atoms with Crippen LogP contribution in [0, 0.1) is 0 Å². The van der Waals surface area contributed by atoms with Crippen molar-refractivity contribution in [3.05, 3.63) is 11.9 Å². The molecule has 90 valence electrons. The molecular formula is C12H22N4. The third-order valence-corrected chi connectivity index (χ3v) is 2.67. The SMILES string of the molecule is CCCN(c1ncnc(N)c1CC)C(C)C. The predicted molar refractivity (Wildman–Crippen MR) is 68.6 cm³/mol. The van der Waals surface area contributed by atoms with E-state index in [0.29, 0.717) is 11.9 Å². The summed E-state index contributed by atoms with van der Waals surface area (Å²) in [5, 5.41) is 0. The van der Waals surface area contributed by atoms with Crippen LogP contribution in [0.25, 0.3) is 0 Å². The second-order valence-electron chi connectivity index (χ2n) is 4.20. The molecule has 2 N–H and O–H groups in total. The summed E-state index contributed by atoms with van der Waals surface area (Å²) < 4.78 is 0. The van der Waals surface area contributed by atoms with Crippen LogP contribution in [0.3, 0.4) is 0 Å². The van der Waals surface area contributed by atoms with E-state index in [4.69, 9.17) is 5.73 Å². The standard InChI is InChI=1S/C12H22N4/c1-5-7-16(9(3)4)12-10(6-2)11(13)14-8-15-12/h8-9H,5-7H2,1-4H3,(H2,13,14,15). The van der Waals surface area contributed by atoms with Crippen LogP contribution in [-0.2, 0) is 6.42 Å². The number of aromatic nitrogens is 2. The average Bonchev–Trinajstić information content (AvgIpc) is 2.25. The number of anilines is 2. The highest BCUT2D eigenvalue weighted by Gasteiger charge is 2.16. The molecule has 0 fully saturated rings. The van der Waals surface area contributed by atoms with E-state index in [2.05, 4.69) is 42.6 Å². The fourth-order valence-corrected chi connectivity index (χ4v) is 1.85. The van der Waals surface area contributed by atoms with Crippen molar-refractivity contribution in [2.24, 2.45) is 0 Å². The molecule has 0 aliphatic rings. The van der Waals surface area contributed by atoms with E-state index >= 15 is 0 Å². The van der Waals surface area contributed by atoms with E-state index in [1.54, 1.807) is 6.33 Å². The zero-order valence-electron chi connectivity index (χ0n) is 10.7. The van der Waals surface area contributed by atoms with Crippen molar-refractivity contribution < 1.29 is 0 Å². The maximum atomic E-state index is 5.89. The zero-order valence-corrected chi connectivity index (χ0v) is 10.7. The first-order valence-corrected chi connectivity index (χ1v) is 5.97. The zero-order chi connectivity index (χ0) is 12.1. The summed E-state index contributed by atoms with van der Waals surface area (Å²) in [7, 11) is 0. The normalized spacial score (nSPS) is 10.8. The lowest BCUT2D eigenvalue weighted by Gasteiger charge is -2.29. The minimum atomic E-state index is 0.430. The van der Waals surface area contributed by atoms with E-state index in [0.717, 1.165) is 30.8 Å². The summed E-state index contributed by atoms with van der Waals surface area (Å²) in [6.07, 6.45) is 3.52. The van der Waals surface area contributed by atoms with Crippen LogP contribution in [0.15, 0.2) is 6.33 Å². The largest absolute Gasteiger partial charge is 0.383 e. The summed E-state index contributed by atoms with van der Waals surface area (Å²) in [6, 6.07) is 0.430. The third-order valence-electron chi connectivity index (χ3n) is 2.67. The molecule has 0 atom stereocenters. The van der Waals surface area contributed by atoms with Crippen molar-refractivity contribution in [1.82, 2.24) is 9.97 Å². The van der Waals surface area contributed by atoms with Gasteiger partial charge < -0.3 is 10.6 Å². The Labute approximate surface area is 97.9 Å². The van der Waals surface area contributed by atoms with Crippen molar-refractivity contribution >= 4 is 11.6 Å². The average molecular weight is 222 g/mol. The number of hydrogen-bond acceptors (Lipinski definition) is 4. The monoisotopic (exact) mass is 222 g/mol. The molecule has 0 saturated heterocycles. The van der Waals surface area contributed by atoms with Crippen LogP contribution in [0.4, 0.5) is 11.6 Å². The summed E-state index contributed by atoms with van der Waals surface area (Å²) in [4.78, 5) is 10.7. The van der Waals surface area contributed by atoms with Gasteiger partial charge in [0, 0.05) is 18.2 Å². The first-order valence-electron chi connectivity index (χ1n) is 5.97. The van der Waals surface area contributed by atoms with Gasteiger partial charge >= 0.3 is 0 Å². The van der Waals surface area contributed by atoms with Crippen LogP contribution < -0.4 is 10.6 Å². The summed E-state index contributed by atoms with van der Waals surface area (Å²) in [5.41, 5.74) is 6.95. The Morgan fingerprint density at radius 1 is 1.31 bits per heavy atom. The van der Waals surface area contributed by atoms with Crippen LogP contribution >= 0.6 is 0 Å². The van der Waals surface area contributed by atoms with Gasteiger partial charge in [-0.05, 0) is 26.7 Å². The van der Waals surface area contributed by atoms with Crippen molar-refractivity contribution in [2.45, 2.75) is 46.6 Å². The van der Waals surface area contributed by atoms with Gasteiger partial charge in [0.15, 0.2) is 0 Å². The van der Waals surface area contributed by atoms with Crippen molar-refractivity contribution in [1.29, 1.82) is 0 Å². The number of rotatable bonds is 5. The molecule has 0 bridgehead atoms. The Balaban J connectivity index is 3.12. The van der Waals surface area contributed by atoms with Crippen molar-refractivity contribution in [2.75, 3.05) is 17.2 Å². The van der Waals surface area contributed by atoms with Gasteiger partial charge in [-0.3, -0.25) is 0 Å². The summed E-state index contributed by atoms with van der Waals surface area (Å²) in [6.45, 7) is 9.61. The molecule has 0 unspecified atom stereocenters. The second kappa shape index (κ2) is 5.68. The molecule has 0 radical (unpaired) electrons. The maximum Gasteiger partial charge on any atom is 0.137 e. The molecule has 1 aromatic rings. The second-order valence-corrected chi connectivity index (χ2v) is 4.20. The molecule has 1 heterocycles. The van der Waals surface area contributed by atoms with E-state index in [1.807, 2.05) is 0 Å². The quantitative estimate of drug-likeness (QED) is 0.830. The first-order chi connectivity index (χ1) is 7.61. The lowest BCUT2D eigenvalue weighted by atomic mass is 10.1. The highest BCUT2D eigenvalue weighted by atomic mass is 15.2. The molecule has 0 aliphatic heterocycles. The van der Waals surface area contributed by atoms with Gasteiger partial charge in [-0.2, -0.15) is 0 Å². The fourth-order valence-electron chi connectivity index (χ4n) is 1.85. The van der Waals surface area contributed by atoms with E-state index in [1.165, 1.54) is 0 Å². The Kier molecular flexibility index (Phi) is 4.52. The van der Waals surface area contributed by atoms with E-state index in [9.17, 15) is 0 Å². The number of nitrogen functional groups attached to an aromatic ring is 1. The van der Waals surface area contributed by atoms with Gasteiger partial charge in [-0.15, -0.1) is 0 Å². The number of nitrogens with two attached hydrogens (primary N) is 1. The highest BCUT2D eigenvalue weighted by Crippen LogP contribution is 2.23. The highest BCUT2D eigenvalue weighted by molar-refractivity contribution is 5.56. The van der Waals surface area contributed by atoms with E-state index < -0.39 is 0 Å². The van der Waals surface area contributed by atoms with Crippen LogP contribution in [0.5, 0.6) is 0 Å². The van der Waals surface area contributed by atoms with Gasteiger partial charge in [0.1, 0.15) is 18.0 Å². The van der Waals surface area contributed by atoms with Crippen molar-refractivity contribution in [3.63, 3.8) is 0 Å². The first kappa shape index (κ1) is 12.7.